The maximum absolute atomic E-state index is 5.14. The van der Waals surface area contributed by atoms with Crippen molar-refractivity contribution in [3.8, 4) is 0 Å². The SMILES string of the molecule is NC(=S)NN=Cc1ccccn1.NC(=S)NN=Cc1ccccn1.[Zn]. The van der Waals surface area contributed by atoms with E-state index in [-0.39, 0.29) is 29.7 Å². The third-order valence-corrected chi connectivity index (χ3v) is 2.30. The Bertz CT molecular complexity index is 633. The van der Waals surface area contributed by atoms with Crippen LogP contribution in [0.4, 0.5) is 0 Å². The fourth-order valence-corrected chi connectivity index (χ4v) is 1.33. The van der Waals surface area contributed by atoms with Gasteiger partial charge in [0.2, 0.25) is 0 Å². The van der Waals surface area contributed by atoms with Gasteiger partial charge in [-0.2, -0.15) is 10.2 Å². The zero-order chi connectivity index (χ0) is 17.6. The third-order valence-electron chi connectivity index (χ3n) is 2.12. The fraction of sp³-hybridized carbons (Fsp3) is 0. The van der Waals surface area contributed by atoms with Gasteiger partial charge in [-0.15, -0.1) is 0 Å². The van der Waals surface area contributed by atoms with Crippen molar-refractivity contribution in [3.05, 3.63) is 60.2 Å². The van der Waals surface area contributed by atoms with Crippen molar-refractivity contribution in [2.24, 2.45) is 21.7 Å². The summed E-state index contributed by atoms with van der Waals surface area (Å²) in [6, 6.07) is 11.1. The first-order chi connectivity index (χ1) is 11.6. The van der Waals surface area contributed by atoms with Crippen molar-refractivity contribution in [3.63, 3.8) is 0 Å². The summed E-state index contributed by atoms with van der Waals surface area (Å²) >= 11 is 9.09. The largest absolute Gasteiger partial charge is 0.375 e. The predicted molar refractivity (Wildman–Crippen MR) is 104 cm³/mol. The summed E-state index contributed by atoms with van der Waals surface area (Å²) in [5.41, 5.74) is 16.7. The molecule has 2 rings (SSSR count). The van der Waals surface area contributed by atoms with Crippen molar-refractivity contribution in [2.75, 3.05) is 0 Å². The molecule has 11 heteroatoms. The second-order valence-electron chi connectivity index (χ2n) is 3.98. The topological polar surface area (TPSA) is 127 Å². The van der Waals surface area contributed by atoms with E-state index in [1.807, 2.05) is 36.4 Å². The molecule has 0 radical (unpaired) electrons. The summed E-state index contributed by atoms with van der Waals surface area (Å²) in [5.74, 6) is 0. The first-order valence-corrected chi connectivity index (χ1v) is 7.38. The Labute approximate surface area is 169 Å². The number of rotatable bonds is 4. The van der Waals surface area contributed by atoms with Crippen LogP contribution in [0.1, 0.15) is 11.4 Å². The normalized spacial score (nSPS) is 9.60. The van der Waals surface area contributed by atoms with Crippen LogP contribution in [-0.2, 0) is 19.5 Å². The second-order valence-corrected chi connectivity index (χ2v) is 4.86. The Hall–Kier alpha value is -2.36. The quantitative estimate of drug-likeness (QED) is 0.241. The zero-order valence-corrected chi connectivity index (χ0v) is 17.8. The van der Waals surface area contributed by atoms with Crippen LogP contribution in [0.25, 0.3) is 0 Å². The monoisotopic (exact) mass is 424 g/mol. The number of hydrogen-bond donors (Lipinski definition) is 4. The Kier molecular flexibility index (Phi) is 12.7. The van der Waals surface area contributed by atoms with Crippen molar-refractivity contribution < 1.29 is 19.5 Å². The van der Waals surface area contributed by atoms with Crippen LogP contribution < -0.4 is 22.3 Å². The minimum Gasteiger partial charge on any atom is -0.375 e. The van der Waals surface area contributed by atoms with Gasteiger partial charge in [0.15, 0.2) is 10.2 Å². The molecule has 0 aromatic carbocycles. The summed E-state index contributed by atoms with van der Waals surface area (Å²) in [4.78, 5) is 8.00. The number of aromatic nitrogens is 2. The van der Waals surface area contributed by atoms with E-state index in [1.165, 1.54) is 0 Å². The van der Waals surface area contributed by atoms with Crippen molar-refractivity contribution >= 4 is 47.1 Å². The second kappa shape index (κ2) is 14.0. The van der Waals surface area contributed by atoms with Crippen LogP contribution in [0, 0.1) is 0 Å². The predicted octanol–water partition coefficient (Wildman–Crippen LogP) is 0.495. The number of pyridine rings is 2. The summed E-state index contributed by atoms with van der Waals surface area (Å²) in [7, 11) is 0. The first-order valence-electron chi connectivity index (χ1n) is 6.57. The average molecular weight is 426 g/mol. The summed E-state index contributed by atoms with van der Waals surface area (Å²) < 4.78 is 0. The van der Waals surface area contributed by atoms with E-state index in [4.69, 9.17) is 11.5 Å². The van der Waals surface area contributed by atoms with Crippen molar-refractivity contribution in [1.82, 2.24) is 20.8 Å². The van der Waals surface area contributed by atoms with Gasteiger partial charge in [0.25, 0.3) is 0 Å². The Balaban J connectivity index is 0.000000443. The summed E-state index contributed by atoms with van der Waals surface area (Å²) in [5, 5.41) is 7.76. The minimum atomic E-state index is 0. The fourth-order valence-electron chi connectivity index (χ4n) is 1.23. The standard InChI is InChI=1S/2C7H8N4S.Zn/c2*8-7(12)11-10-5-6-3-1-2-4-9-6;/h2*1-5H,(H3,8,11,12);. The maximum Gasteiger partial charge on any atom is 0.184 e. The molecule has 0 atom stereocenters. The molecule has 0 aliphatic rings. The van der Waals surface area contributed by atoms with Crippen LogP contribution in [0.15, 0.2) is 59.0 Å². The average Bonchev–Trinajstić information content (AvgIpc) is 2.57. The number of nitrogens with two attached hydrogens (primary N) is 2. The van der Waals surface area contributed by atoms with Gasteiger partial charge in [-0.05, 0) is 48.7 Å². The molecular weight excluding hydrogens is 410 g/mol. The molecule has 6 N–H and O–H groups in total. The van der Waals surface area contributed by atoms with Gasteiger partial charge in [0, 0.05) is 31.9 Å². The summed E-state index contributed by atoms with van der Waals surface area (Å²) in [6.07, 6.45) is 6.45. The van der Waals surface area contributed by atoms with Crippen molar-refractivity contribution in [2.45, 2.75) is 0 Å². The molecule has 0 fully saturated rings. The van der Waals surface area contributed by atoms with E-state index >= 15 is 0 Å². The molecule has 0 bridgehead atoms. The first kappa shape index (κ1) is 22.6. The molecule has 8 nitrogen and oxygen atoms in total. The van der Waals surface area contributed by atoms with E-state index < -0.39 is 0 Å². The minimum absolute atomic E-state index is 0. The maximum atomic E-state index is 5.14. The number of hydrogen-bond acceptors (Lipinski definition) is 6. The molecule has 0 aliphatic heterocycles. The van der Waals surface area contributed by atoms with E-state index in [0.717, 1.165) is 11.4 Å². The Morgan fingerprint density at radius 2 is 1.24 bits per heavy atom. The number of nitrogens with one attached hydrogen (secondary N) is 2. The number of hydrazone groups is 2. The van der Waals surface area contributed by atoms with Crippen LogP contribution in [0.3, 0.4) is 0 Å². The smallest absolute Gasteiger partial charge is 0.184 e. The molecule has 0 saturated heterocycles. The molecule has 0 amide bonds. The zero-order valence-electron chi connectivity index (χ0n) is 13.2. The van der Waals surface area contributed by atoms with Gasteiger partial charge in [-0.3, -0.25) is 20.8 Å². The van der Waals surface area contributed by atoms with Crippen LogP contribution in [0.2, 0.25) is 0 Å². The van der Waals surface area contributed by atoms with Gasteiger partial charge in [-0.1, -0.05) is 12.1 Å². The van der Waals surface area contributed by atoms with Crippen LogP contribution in [0.5, 0.6) is 0 Å². The van der Waals surface area contributed by atoms with Gasteiger partial charge in [-0.25, -0.2) is 0 Å². The Morgan fingerprint density at radius 3 is 1.52 bits per heavy atom. The molecular formula is C14H16N8S2Zn. The van der Waals surface area contributed by atoms with Gasteiger partial charge < -0.3 is 11.5 Å². The van der Waals surface area contributed by atoms with E-state index in [2.05, 4.69) is 55.5 Å². The molecule has 2 aromatic heterocycles. The van der Waals surface area contributed by atoms with Crippen LogP contribution >= 0.6 is 24.4 Å². The van der Waals surface area contributed by atoms with Gasteiger partial charge in [0.1, 0.15) is 0 Å². The summed E-state index contributed by atoms with van der Waals surface area (Å²) in [6.45, 7) is 0. The molecule has 2 heterocycles. The molecule has 0 spiro atoms. The number of thiocarbonyl (C=S) groups is 2. The van der Waals surface area contributed by atoms with Gasteiger partial charge in [0.05, 0.1) is 23.8 Å². The molecule has 0 unspecified atom stereocenters. The van der Waals surface area contributed by atoms with Crippen LogP contribution in [-0.4, -0.2) is 32.6 Å². The molecule has 25 heavy (non-hydrogen) atoms. The van der Waals surface area contributed by atoms with E-state index in [9.17, 15) is 0 Å². The molecule has 0 saturated carbocycles. The molecule has 0 aliphatic carbocycles. The van der Waals surface area contributed by atoms with E-state index in [1.54, 1.807) is 24.8 Å². The number of nitrogens with zero attached hydrogens (tertiary/aromatic N) is 4. The molecule has 2 aromatic rings. The Morgan fingerprint density at radius 1 is 0.840 bits per heavy atom. The molecule has 126 valence electrons. The van der Waals surface area contributed by atoms with Gasteiger partial charge >= 0.3 is 0 Å². The van der Waals surface area contributed by atoms with E-state index in [0.29, 0.717) is 0 Å². The van der Waals surface area contributed by atoms with Crippen molar-refractivity contribution in [1.29, 1.82) is 0 Å². The third kappa shape index (κ3) is 12.7.